The monoisotopic (exact) mass is 280 g/mol. The number of aromatic nitrogens is 4. The van der Waals surface area contributed by atoms with Crippen molar-refractivity contribution in [2.24, 2.45) is 7.05 Å². The first-order chi connectivity index (χ1) is 9.11. The fourth-order valence-corrected chi connectivity index (χ4v) is 3.48. The van der Waals surface area contributed by atoms with Gasteiger partial charge in [-0.15, -0.1) is 0 Å². The number of hydrogen-bond donors (Lipinski definition) is 2. The number of aryl methyl sites for hydroxylation is 2. The molecule has 0 bridgehead atoms. The highest BCUT2D eigenvalue weighted by Crippen LogP contribution is 2.32. The van der Waals surface area contributed by atoms with Gasteiger partial charge >= 0.3 is 0 Å². The van der Waals surface area contributed by atoms with E-state index in [1.54, 1.807) is 0 Å². The summed E-state index contributed by atoms with van der Waals surface area (Å²) >= 11 is 5.49. The van der Waals surface area contributed by atoms with Crippen LogP contribution >= 0.6 is 12.2 Å². The molecule has 2 aromatic heterocycles. The van der Waals surface area contributed by atoms with E-state index in [1.165, 1.54) is 0 Å². The molecule has 1 aliphatic rings. The third-order valence-electron chi connectivity index (χ3n) is 4.13. The highest BCUT2D eigenvalue weighted by Gasteiger charge is 2.25. The van der Waals surface area contributed by atoms with Crippen molar-refractivity contribution in [1.29, 1.82) is 0 Å². The maximum atomic E-state index is 9.64. The Morgan fingerprint density at radius 1 is 1.37 bits per heavy atom. The zero-order chi connectivity index (χ0) is 13.6. The van der Waals surface area contributed by atoms with Crippen LogP contribution in [0.2, 0.25) is 0 Å². The standard InChI is InChI=1S/C13H20N4OS/c1-3-10-11-12(16(2)15-10)17(13(19)14-11)8-4-6-9(18)7-5-8/h8-9,18H,3-7H2,1-2H3,(H,14,19). The first kappa shape index (κ1) is 12.9. The average Bonchev–Trinajstić information content (AvgIpc) is 2.88. The summed E-state index contributed by atoms with van der Waals surface area (Å²) in [4.78, 5) is 3.31. The Morgan fingerprint density at radius 2 is 2.05 bits per heavy atom. The summed E-state index contributed by atoms with van der Waals surface area (Å²) in [6, 6.07) is 0.379. The van der Waals surface area contributed by atoms with Crippen molar-refractivity contribution in [3.63, 3.8) is 0 Å². The lowest BCUT2D eigenvalue weighted by Gasteiger charge is -2.26. The fourth-order valence-electron chi connectivity index (χ4n) is 3.14. The zero-order valence-electron chi connectivity index (χ0n) is 11.4. The lowest BCUT2D eigenvalue weighted by atomic mass is 9.93. The molecule has 0 saturated heterocycles. The summed E-state index contributed by atoms with van der Waals surface area (Å²) < 4.78 is 4.90. The molecule has 1 fully saturated rings. The topological polar surface area (TPSA) is 58.8 Å². The van der Waals surface area contributed by atoms with Crippen molar-refractivity contribution in [3.8, 4) is 0 Å². The summed E-state index contributed by atoms with van der Waals surface area (Å²) in [5.41, 5.74) is 3.22. The number of nitrogens with one attached hydrogen (secondary N) is 1. The Bertz CT molecular complexity index is 645. The van der Waals surface area contributed by atoms with Gasteiger partial charge in [0, 0.05) is 13.1 Å². The largest absolute Gasteiger partial charge is 0.393 e. The first-order valence-corrected chi connectivity index (χ1v) is 7.36. The quantitative estimate of drug-likeness (QED) is 0.831. The van der Waals surface area contributed by atoms with Crippen LogP contribution in [-0.2, 0) is 13.5 Å². The summed E-state index contributed by atoms with van der Waals surface area (Å²) in [7, 11) is 1.97. The highest BCUT2D eigenvalue weighted by atomic mass is 32.1. The molecular weight excluding hydrogens is 260 g/mol. The maximum absolute atomic E-state index is 9.64. The number of aliphatic hydroxyl groups excluding tert-OH is 1. The van der Waals surface area contributed by atoms with E-state index in [-0.39, 0.29) is 6.10 Å². The molecular formula is C13H20N4OS. The van der Waals surface area contributed by atoms with Gasteiger partial charge in [-0.1, -0.05) is 6.92 Å². The lowest BCUT2D eigenvalue weighted by Crippen LogP contribution is -2.21. The van der Waals surface area contributed by atoms with Crippen molar-refractivity contribution >= 4 is 23.4 Å². The van der Waals surface area contributed by atoms with Crippen LogP contribution in [0.15, 0.2) is 0 Å². The number of aliphatic hydroxyl groups is 1. The molecule has 6 heteroatoms. The Morgan fingerprint density at radius 3 is 2.68 bits per heavy atom. The van der Waals surface area contributed by atoms with Gasteiger partial charge < -0.3 is 10.1 Å². The van der Waals surface area contributed by atoms with Gasteiger partial charge in [-0.05, 0) is 44.3 Å². The molecule has 2 aromatic rings. The SMILES string of the molecule is CCc1nn(C)c2c1[nH]c(=S)n2C1CCC(O)CC1. The molecule has 0 radical (unpaired) electrons. The maximum Gasteiger partial charge on any atom is 0.179 e. The number of rotatable bonds is 2. The lowest BCUT2D eigenvalue weighted by molar-refractivity contribution is 0.111. The molecule has 104 valence electrons. The summed E-state index contributed by atoms with van der Waals surface area (Å²) in [5.74, 6) is 0. The molecule has 0 unspecified atom stereocenters. The first-order valence-electron chi connectivity index (χ1n) is 6.96. The van der Waals surface area contributed by atoms with E-state index in [2.05, 4.69) is 21.6 Å². The van der Waals surface area contributed by atoms with E-state index in [4.69, 9.17) is 12.2 Å². The Kier molecular flexibility index (Phi) is 3.22. The van der Waals surface area contributed by atoms with Gasteiger partial charge in [0.05, 0.1) is 11.8 Å². The van der Waals surface area contributed by atoms with Gasteiger partial charge in [-0.3, -0.25) is 9.25 Å². The molecule has 2 heterocycles. The van der Waals surface area contributed by atoms with Crippen LogP contribution < -0.4 is 0 Å². The second-order valence-electron chi connectivity index (χ2n) is 5.38. The molecule has 0 amide bonds. The van der Waals surface area contributed by atoms with Gasteiger partial charge in [-0.25, -0.2) is 0 Å². The van der Waals surface area contributed by atoms with E-state index in [0.717, 1.165) is 53.7 Å². The second-order valence-corrected chi connectivity index (χ2v) is 5.77. The number of hydrogen-bond acceptors (Lipinski definition) is 3. The van der Waals surface area contributed by atoms with Crippen LogP contribution in [0.5, 0.6) is 0 Å². The average molecular weight is 280 g/mol. The smallest absolute Gasteiger partial charge is 0.179 e. The molecule has 0 spiro atoms. The van der Waals surface area contributed by atoms with Gasteiger partial charge in [0.15, 0.2) is 10.4 Å². The molecule has 5 nitrogen and oxygen atoms in total. The Balaban J connectivity index is 2.10. The molecule has 0 aromatic carbocycles. The van der Waals surface area contributed by atoms with Crippen molar-refractivity contribution < 1.29 is 5.11 Å². The third kappa shape index (κ3) is 2.03. The van der Waals surface area contributed by atoms with Crippen LogP contribution in [0.1, 0.15) is 44.3 Å². The minimum Gasteiger partial charge on any atom is -0.393 e. The van der Waals surface area contributed by atoms with Crippen molar-refractivity contribution in [1.82, 2.24) is 19.3 Å². The molecule has 1 saturated carbocycles. The molecule has 0 aliphatic heterocycles. The van der Waals surface area contributed by atoms with Gasteiger partial charge in [0.2, 0.25) is 0 Å². The van der Waals surface area contributed by atoms with Crippen LogP contribution in [0, 0.1) is 4.77 Å². The van der Waals surface area contributed by atoms with Crippen LogP contribution in [-0.4, -0.2) is 30.5 Å². The summed E-state index contributed by atoms with van der Waals surface area (Å²) in [5, 5.41) is 14.2. The van der Waals surface area contributed by atoms with E-state index in [0.29, 0.717) is 6.04 Å². The summed E-state index contributed by atoms with van der Waals surface area (Å²) in [6.45, 7) is 2.10. The number of fused-ring (bicyclic) bond motifs is 1. The van der Waals surface area contributed by atoms with Gasteiger partial charge in [0.1, 0.15) is 5.52 Å². The van der Waals surface area contributed by atoms with Crippen molar-refractivity contribution in [2.75, 3.05) is 0 Å². The minimum absolute atomic E-state index is 0.141. The van der Waals surface area contributed by atoms with Crippen molar-refractivity contribution in [2.45, 2.75) is 51.2 Å². The van der Waals surface area contributed by atoms with Crippen LogP contribution in [0.25, 0.3) is 11.2 Å². The summed E-state index contributed by atoms with van der Waals surface area (Å²) in [6.07, 6.45) is 4.44. The number of nitrogens with zero attached hydrogens (tertiary/aromatic N) is 3. The normalized spacial score (nSPS) is 24.2. The minimum atomic E-state index is -0.141. The van der Waals surface area contributed by atoms with Gasteiger partial charge in [0.25, 0.3) is 0 Å². The molecule has 1 aliphatic carbocycles. The van der Waals surface area contributed by atoms with E-state index in [1.807, 2.05) is 11.7 Å². The Hall–Kier alpha value is -1.14. The predicted octanol–water partition coefficient (Wildman–Crippen LogP) is 2.47. The zero-order valence-corrected chi connectivity index (χ0v) is 12.2. The van der Waals surface area contributed by atoms with E-state index >= 15 is 0 Å². The molecule has 2 N–H and O–H groups in total. The van der Waals surface area contributed by atoms with Crippen LogP contribution in [0.3, 0.4) is 0 Å². The number of H-pyrrole nitrogens is 1. The Labute approximate surface area is 117 Å². The third-order valence-corrected chi connectivity index (χ3v) is 4.43. The van der Waals surface area contributed by atoms with E-state index < -0.39 is 0 Å². The molecule has 0 atom stereocenters. The predicted molar refractivity (Wildman–Crippen MR) is 76.8 cm³/mol. The number of imidazole rings is 1. The van der Waals surface area contributed by atoms with E-state index in [9.17, 15) is 5.11 Å². The molecule has 3 rings (SSSR count). The second kappa shape index (κ2) is 4.76. The molecule has 19 heavy (non-hydrogen) atoms. The fraction of sp³-hybridized carbons (Fsp3) is 0.692. The van der Waals surface area contributed by atoms with Gasteiger partial charge in [-0.2, -0.15) is 5.10 Å². The van der Waals surface area contributed by atoms with Crippen LogP contribution in [0.4, 0.5) is 0 Å². The number of aromatic amines is 1. The highest BCUT2D eigenvalue weighted by molar-refractivity contribution is 7.71. The van der Waals surface area contributed by atoms with Crippen molar-refractivity contribution in [3.05, 3.63) is 10.5 Å².